The summed E-state index contributed by atoms with van der Waals surface area (Å²) in [5, 5.41) is 7.18. The Morgan fingerprint density at radius 2 is 2.00 bits per heavy atom. The van der Waals surface area contributed by atoms with Gasteiger partial charge in [-0.1, -0.05) is 47.5 Å². The molecule has 0 amide bonds. The van der Waals surface area contributed by atoms with Gasteiger partial charge in [0.1, 0.15) is 5.01 Å². The molecule has 0 spiro atoms. The molecule has 0 fully saturated rings. The summed E-state index contributed by atoms with van der Waals surface area (Å²) >= 11 is 1.80. The largest absolute Gasteiger partial charge is 0.383 e. The number of nitrogens with zero attached hydrogens (tertiary/aromatic N) is 1. The van der Waals surface area contributed by atoms with Crippen molar-refractivity contribution in [1.82, 2.24) is 10.3 Å². The minimum atomic E-state index is 0.00269. The van der Waals surface area contributed by atoms with Gasteiger partial charge in [0.15, 0.2) is 0 Å². The van der Waals surface area contributed by atoms with E-state index in [9.17, 15) is 0 Å². The van der Waals surface area contributed by atoms with E-state index in [1.54, 1.807) is 18.4 Å². The zero-order chi connectivity index (χ0) is 15.9. The fourth-order valence-corrected chi connectivity index (χ4v) is 3.76. The van der Waals surface area contributed by atoms with Gasteiger partial charge in [-0.25, -0.2) is 4.98 Å². The van der Waals surface area contributed by atoms with Crippen molar-refractivity contribution in [2.45, 2.75) is 71.3 Å². The van der Waals surface area contributed by atoms with Crippen LogP contribution in [0.4, 0.5) is 0 Å². The molecule has 1 aromatic heterocycles. The zero-order valence-electron chi connectivity index (χ0n) is 14.6. The van der Waals surface area contributed by atoms with Crippen LogP contribution in [0.5, 0.6) is 0 Å². The first kappa shape index (κ1) is 18.6. The third kappa shape index (κ3) is 5.04. The Kier molecular flexibility index (Phi) is 7.31. The van der Waals surface area contributed by atoms with E-state index in [-0.39, 0.29) is 11.0 Å². The summed E-state index contributed by atoms with van der Waals surface area (Å²) in [6, 6.07) is 0. The van der Waals surface area contributed by atoms with Crippen LogP contribution in [0, 0.1) is 0 Å². The summed E-state index contributed by atoms with van der Waals surface area (Å²) in [4.78, 5) is 4.97. The van der Waals surface area contributed by atoms with Gasteiger partial charge in [0, 0.05) is 24.4 Å². The van der Waals surface area contributed by atoms with E-state index in [0.717, 1.165) is 26.0 Å². The van der Waals surface area contributed by atoms with E-state index in [2.05, 4.69) is 45.3 Å². The maximum absolute atomic E-state index is 5.20. The van der Waals surface area contributed by atoms with Crippen molar-refractivity contribution in [3.63, 3.8) is 0 Å². The van der Waals surface area contributed by atoms with Crippen LogP contribution >= 0.6 is 11.3 Å². The topological polar surface area (TPSA) is 34.1 Å². The van der Waals surface area contributed by atoms with Crippen LogP contribution in [-0.4, -0.2) is 25.2 Å². The van der Waals surface area contributed by atoms with Crippen molar-refractivity contribution < 1.29 is 4.74 Å². The first-order valence-corrected chi connectivity index (χ1v) is 8.98. The SMILES string of the molecule is CCCCC(CC)(NCCOC)c1nc(C(C)(C)C)cs1. The zero-order valence-corrected chi connectivity index (χ0v) is 15.4. The van der Waals surface area contributed by atoms with Crippen LogP contribution in [0.2, 0.25) is 0 Å². The third-order valence-corrected chi connectivity index (χ3v) is 5.06. The van der Waals surface area contributed by atoms with Crippen LogP contribution in [0.3, 0.4) is 0 Å². The summed E-state index contributed by atoms with van der Waals surface area (Å²) in [5.74, 6) is 0. The van der Waals surface area contributed by atoms with Gasteiger partial charge in [0.25, 0.3) is 0 Å². The molecule has 0 aliphatic rings. The number of unbranched alkanes of at least 4 members (excludes halogenated alkanes) is 1. The highest BCUT2D eigenvalue weighted by Gasteiger charge is 2.33. The number of hydrogen-bond donors (Lipinski definition) is 1. The lowest BCUT2D eigenvalue weighted by molar-refractivity contribution is 0.177. The Morgan fingerprint density at radius 1 is 1.29 bits per heavy atom. The van der Waals surface area contributed by atoms with Crippen molar-refractivity contribution in [1.29, 1.82) is 0 Å². The van der Waals surface area contributed by atoms with Gasteiger partial charge in [-0.05, 0) is 12.8 Å². The summed E-state index contributed by atoms with van der Waals surface area (Å²) in [5.41, 5.74) is 1.32. The van der Waals surface area contributed by atoms with Gasteiger partial charge < -0.3 is 10.1 Å². The molecule has 1 heterocycles. The Morgan fingerprint density at radius 3 is 2.48 bits per heavy atom. The Balaban J connectivity index is 3.00. The van der Waals surface area contributed by atoms with E-state index in [0.29, 0.717) is 0 Å². The molecule has 1 atom stereocenters. The molecule has 4 heteroatoms. The summed E-state index contributed by atoms with van der Waals surface area (Å²) in [6.07, 6.45) is 4.64. The molecule has 0 aliphatic carbocycles. The summed E-state index contributed by atoms with van der Waals surface area (Å²) < 4.78 is 5.20. The normalized spacial score (nSPS) is 15.1. The van der Waals surface area contributed by atoms with E-state index >= 15 is 0 Å². The molecule has 122 valence electrons. The van der Waals surface area contributed by atoms with Crippen LogP contribution in [-0.2, 0) is 15.7 Å². The number of rotatable bonds is 9. The fraction of sp³-hybridized carbons (Fsp3) is 0.824. The molecular weight excluding hydrogens is 280 g/mol. The van der Waals surface area contributed by atoms with Gasteiger partial charge in [-0.2, -0.15) is 0 Å². The van der Waals surface area contributed by atoms with Gasteiger partial charge in [0.2, 0.25) is 0 Å². The van der Waals surface area contributed by atoms with Crippen LogP contribution in [0.25, 0.3) is 0 Å². The quantitative estimate of drug-likeness (QED) is 0.683. The highest BCUT2D eigenvalue weighted by molar-refractivity contribution is 7.09. The van der Waals surface area contributed by atoms with E-state index in [1.807, 2.05) is 0 Å². The predicted octanol–water partition coefficient (Wildman–Crippen LogP) is 4.47. The third-order valence-electron chi connectivity index (χ3n) is 4.01. The van der Waals surface area contributed by atoms with Crippen LogP contribution in [0.15, 0.2) is 5.38 Å². The summed E-state index contributed by atoms with van der Waals surface area (Å²) in [7, 11) is 1.75. The molecule has 0 radical (unpaired) electrons. The molecule has 0 saturated carbocycles. The lowest BCUT2D eigenvalue weighted by atomic mass is 9.89. The Labute approximate surface area is 134 Å². The monoisotopic (exact) mass is 312 g/mol. The minimum Gasteiger partial charge on any atom is -0.383 e. The minimum absolute atomic E-state index is 0.00269. The summed E-state index contributed by atoms with van der Waals surface area (Å²) in [6.45, 7) is 12.8. The smallest absolute Gasteiger partial charge is 0.113 e. The molecule has 1 N–H and O–H groups in total. The number of aromatic nitrogens is 1. The van der Waals surface area contributed by atoms with Crippen molar-refractivity contribution in [2.75, 3.05) is 20.3 Å². The molecule has 3 nitrogen and oxygen atoms in total. The predicted molar refractivity (Wildman–Crippen MR) is 92.2 cm³/mol. The maximum Gasteiger partial charge on any atom is 0.113 e. The first-order chi connectivity index (χ1) is 9.89. The van der Waals surface area contributed by atoms with Crippen molar-refractivity contribution in [2.24, 2.45) is 0 Å². The maximum atomic E-state index is 5.20. The molecule has 21 heavy (non-hydrogen) atoms. The van der Waals surface area contributed by atoms with Gasteiger partial charge >= 0.3 is 0 Å². The number of methoxy groups -OCH3 is 1. The standard InChI is InChI=1S/C17H32N2OS/c1-7-9-10-17(8-2,18-11-12-20-6)15-19-14(13-21-15)16(3,4)5/h13,18H,7-12H2,1-6H3. The molecule has 1 unspecified atom stereocenters. The van der Waals surface area contributed by atoms with Crippen molar-refractivity contribution >= 4 is 11.3 Å². The first-order valence-electron chi connectivity index (χ1n) is 8.10. The van der Waals surface area contributed by atoms with Crippen molar-refractivity contribution in [3.05, 3.63) is 16.1 Å². The second kappa shape index (κ2) is 8.25. The lowest BCUT2D eigenvalue weighted by Crippen LogP contribution is -2.43. The van der Waals surface area contributed by atoms with E-state index < -0.39 is 0 Å². The molecule has 0 aliphatic heterocycles. The highest BCUT2D eigenvalue weighted by atomic mass is 32.1. The lowest BCUT2D eigenvalue weighted by Gasteiger charge is -2.32. The number of hydrogen-bond acceptors (Lipinski definition) is 4. The number of thiazole rings is 1. The Hall–Kier alpha value is -0.450. The number of ether oxygens (including phenoxy) is 1. The average Bonchev–Trinajstić information content (AvgIpc) is 2.93. The molecular formula is C17H32N2OS. The second-order valence-corrected chi connectivity index (χ2v) is 7.60. The van der Waals surface area contributed by atoms with Gasteiger partial charge in [-0.15, -0.1) is 11.3 Å². The molecule has 1 rings (SSSR count). The number of nitrogens with one attached hydrogen (secondary N) is 1. The van der Waals surface area contributed by atoms with Gasteiger partial charge in [-0.3, -0.25) is 0 Å². The van der Waals surface area contributed by atoms with E-state index in [4.69, 9.17) is 9.72 Å². The second-order valence-electron chi connectivity index (χ2n) is 6.75. The molecule has 0 saturated heterocycles. The highest BCUT2D eigenvalue weighted by Crippen LogP contribution is 2.35. The molecule has 1 aromatic rings. The Bertz CT molecular complexity index is 411. The molecule has 0 bridgehead atoms. The average molecular weight is 313 g/mol. The van der Waals surface area contributed by atoms with Gasteiger partial charge in [0.05, 0.1) is 17.8 Å². The fourth-order valence-electron chi connectivity index (χ4n) is 2.43. The van der Waals surface area contributed by atoms with E-state index in [1.165, 1.54) is 23.5 Å². The molecule has 0 aromatic carbocycles. The van der Waals surface area contributed by atoms with Crippen LogP contribution < -0.4 is 5.32 Å². The van der Waals surface area contributed by atoms with Crippen LogP contribution in [0.1, 0.15) is 71.0 Å². The van der Waals surface area contributed by atoms with Crippen molar-refractivity contribution in [3.8, 4) is 0 Å².